The van der Waals surface area contributed by atoms with E-state index in [9.17, 15) is 0 Å². The molecule has 5 heteroatoms. The number of rotatable bonds is 5. The summed E-state index contributed by atoms with van der Waals surface area (Å²) in [7, 11) is 1.86. The van der Waals surface area contributed by atoms with Crippen molar-refractivity contribution < 1.29 is 0 Å². The van der Waals surface area contributed by atoms with Crippen LogP contribution in [0.15, 0.2) is 17.1 Å². The predicted octanol–water partition coefficient (Wildman–Crippen LogP) is 2.61. The Kier molecular flexibility index (Phi) is 9.31. The number of aliphatic imine (C=N–C) groups is 1. The third-order valence-electron chi connectivity index (χ3n) is 4.57. The molecule has 2 aliphatic rings. The lowest BCUT2D eigenvalue weighted by Gasteiger charge is -2.31. The number of hydrogen-bond acceptors (Lipinski definition) is 2. The molecule has 0 aromatic heterocycles. The largest absolute Gasteiger partial charge is 0.356 e. The summed E-state index contributed by atoms with van der Waals surface area (Å²) in [4.78, 5) is 6.87. The van der Waals surface area contributed by atoms with Crippen LogP contribution in [0.25, 0.3) is 0 Å². The molecule has 0 spiro atoms. The quantitative estimate of drug-likeness (QED) is 0.319. The molecule has 122 valence electrons. The highest BCUT2D eigenvalue weighted by atomic mass is 127. The fourth-order valence-electron chi connectivity index (χ4n) is 3.11. The zero-order valence-corrected chi connectivity index (χ0v) is 15.8. The molecule has 1 heterocycles. The topological polar surface area (TPSA) is 39.7 Å². The van der Waals surface area contributed by atoms with E-state index in [0.717, 1.165) is 31.3 Å². The molecule has 1 fully saturated rings. The highest BCUT2D eigenvalue weighted by molar-refractivity contribution is 14.0. The third kappa shape index (κ3) is 6.55. The Hall–Kier alpha value is -0.300. The summed E-state index contributed by atoms with van der Waals surface area (Å²) in [6.45, 7) is 7.06. The first-order chi connectivity index (χ1) is 9.81. The van der Waals surface area contributed by atoms with Crippen molar-refractivity contribution >= 4 is 29.9 Å². The van der Waals surface area contributed by atoms with Crippen LogP contribution in [0.4, 0.5) is 0 Å². The summed E-state index contributed by atoms with van der Waals surface area (Å²) in [5, 5.41) is 6.95. The first kappa shape index (κ1) is 18.7. The lowest BCUT2D eigenvalue weighted by molar-refractivity contribution is 0.187. The lowest BCUT2D eigenvalue weighted by Crippen LogP contribution is -2.43. The van der Waals surface area contributed by atoms with Gasteiger partial charge in [0.05, 0.1) is 0 Å². The van der Waals surface area contributed by atoms with Crippen molar-refractivity contribution in [2.75, 3.05) is 33.2 Å². The monoisotopic (exact) mass is 406 g/mol. The summed E-state index contributed by atoms with van der Waals surface area (Å²) < 4.78 is 0. The molecular weight excluding hydrogens is 375 g/mol. The fraction of sp³-hybridized carbons (Fsp3) is 0.812. The van der Waals surface area contributed by atoms with E-state index in [4.69, 9.17) is 0 Å². The number of guanidine groups is 1. The summed E-state index contributed by atoms with van der Waals surface area (Å²) in [5.74, 6) is 1.85. The standard InChI is InChI=1S/C16H30N4.HI/c1-3-20-12-9-14(10-13-20)8-11-18-16(17-2)19-15-6-4-5-7-15;/h4-5,14-15H,3,6-13H2,1-2H3,(H2,17,18,19);1H. The molecule has 0 amide bonds. The average Bonchev–Trinajstić information content (AvgIpc) is 3.00. The summed E-state index contributed by atoms with van der Waals surface area (Å²) >= 11 is 0. The summed E-state index contributed by atoms with van der Waals surface area (Å²) in [6.07, 6.45) is 10.7. The molecule has 0 bridgehead atoms. The molecule has 0 saturated carbocycles. The Morgan fingerprint density at radius 3 is 2.48 bits per heavy atom. The molecule has 1 saturated heterocycles. The van der Waals surface area contributed by atoms with Crippen molar-refractivity contribution in [3.05, 3.63) is 12.2 Å². The van der Waals surface area contributed by atoms with Crippen LogP contribution in [0.3, 0.4) is 0 Å². The van der Waals surface area contributed by atoms with Gasteiger partial charge in [0.15, 0.2) is 5.96 Å². The van der Waals surface area contributed by atoms with Crippen LogP contribution in [0.2, 0.25) is 0 Å². The third-order valence-corrected chi connectivity index (χ3v) is 4.57. The molecule has 0 aromatic carbocycles. The minimum atomic E-state index is 0. The number of halogens is 1. The van der Waals surface area contributed by atoms with Crippen LogP contribution in [-0.2, 0) is 0 Å². The number of hydrogen-bond donors (Lipinski definition) is 2. The van der Waals surface area contributed by atoms with E-state index in [1.54, 1.807) is 0 Å². The first-order valence-corrected chi connectivity index (χ1v) is 8.16. The Morgan fingerprint density at radius 2 is 1.90 bits per heavy atom. The van der Waals surface area contributed by atoms with Gasteiger partial charge in [0.2, 0.25) is 0 Å². The van der Waals surface area contributed by atoms with Crippen molar-refractivity contribution in [2.45, 2.75) is 45.1 Å². The fourth-order valence-corrected chi connectivity index (χ4v) is 3.11. The van der Waals surface area contributed by atoms with E-state index in [1.165, 1.54) is 38.9 Å². The van der Waals surface area contributed by atoms with Gasteiger partial charge >= 0.3 is 0 Å². The van der Waals surface area contributed by atoms with Crippen molar-refractivity contribution in [1.82, 2.24) is 15.5 Å². The Morgan fingerprint density at radius 1 is 1.24 bits per heavy atom. The van der Waals surface area contributed by atoms with Crippen molar-refractivity contribution in [3.63, 3.8) is 0 Å². The van der Waals surface area contributed by atoms with Crippen molar-refractivity contribution in [2.24, 2.45) is 10.9 Å². The molecule has 0 unspecified atom stereocenters. The first-order valence-electron chi connectivity index (χ1n) is 8.16. The van der Waals surface area contributed by atoms with Crippen LogP contribution < -0.4 is 10.6 Å². The average molecular weight is 406 g/mol. The van der Waals surface area contributed by atoms with Crippen LogP contribution >= 0.6 is 24.0 Å². The Balaban J connectivity index is 0.00000220. The SMILES string of the molecule is CCN1CCC(CCNC(=NC)NC2CC=CC2)CC1.I. The summed E-state index contributed by atoms with van der Waals surface area (Å²) in [6, 6.07) is 0.536. The maximum absolute atomic E-state index is 4.32. The number of nitrogens with zero attached hydrogens (tertiary/aromatic N) is 2. The predicted molar refractivity (Wildman–Crippen MR) is 102 cm³/mol. The molecule has 1 aliphatic carbocycles. The van der Waals surface area contributed by atoms with E-state index < -0.39 is 0 Å². The molecule has 4 nitrogen and oxygen atoms in total. The van der Waals surface area contributed by atoms with Crippen LogP contribution in [0, 0.1) is 5.92 Å². The van der Waals surface area contributed by atoms with Gasteiger partial charge in [-0.3, -0.25) is 4.99 Å². The molecule has 1 aliphatic heterocycles. The van der Waals surface area contributed by atoms with E-state index in [1.807, 2.05) is 7.05 Å². The lowest BCUT2D eigenvalue weighted by atomic mass is 9.93. The van der Waals surface area contributed by atoms with E-state index in [2.05, 4.69) is 39.6 Å². The van der Waals surface area contributed by atoms with E-state index in [0.29, 0.717) is 6.04 Å². The van der Waals surface area contributed by atoms with Gasteiger partial charge in [0.1, 0.15) is 0 Å². The van der Waals surface area contributed by atoms with Gasteiger partial charge in [-0.05, 0) is 57.7 Å². The molecule has 0 radical (unpaired) electrons. The van der Waals surface area contributed by atoms with Gasteiger partial charge < -0.3 is 15.5 Å². The highest BCUT2D eigenvalue weighted by Crippen LogP contribution is 2.19. The second-order valence-corrected chi connectivity index (χ2v) is 5.95. The molecule has 2 rings (SSSR count). The summed E-state index contributed by atoms with van der Waals surface area (Å²) in [5.41, 5.74) is 0. The van der Waals surface area contributed by atoms with Gasteiger partial charge in [-0.1, -0.05) is 19.1 Å². The minimum Gasteiger partial charge on any atom is -0.356 e. The minimum absolute atomic E-state index is 0. The van der Waals surface area contributed by atoms with Crippen LogP contribution in [-0.4, -0.2) is 50.1 Å². The zero-order valence-electron chi connectivity index (χ0n) is 13.5. The van der Waals surface area contributed by atoms with E-state index in [-0.39, 0.29) is 24.0 Å². The van der Waals surface area contributed by atoms with Crippen molar-refractivity contribution in [3.8, 4) is 0 Å². The van der Waals surface area contributed by atoms with Gasteiger partial charge in [-0.15, -0.1) is 24.0 Å². The van der Waals surface area contributed by atoms with E-state index >= 15 is 0 Å². The molecule has 0 aromatic rings. The Bertz CT molecular complexity index is 327. The highest BCUT2D eigenvalue weighted by Gasteiger charge is 2.18. The van der Waals surface area contributed by atoms with Crippen LogP contribution in [0.5, 0.6) is 0 Å². The Labute approximate surface area is 146 Å². The zero-order chi connectivity index (χ0) is 14.2. The second kappa shape index (κ2) is 10.4. The maximum atomic E-state index is 4.32. The smallest absolute Gasteiger partial charge is 0.191 e. The number of piperidine rings is 1. The number of likely N-dealkylation sites (tertiary alicyclic amines) is 1. The van der Waals surface area contributed by atoms with Crippen LogP contribution in [0.1, 0.15) is 39.0 Å². The van der Waals surface area contributed by atoms with Gasteiger partial charge in [-0.2, -0.15) is 0 Å². The molecule has 0 atom stereocenters. The number of nitrogens with one attached hydrogen (secondary N) is 2. The normalized spacial score (nSPS) is 21.3. The molecule has 2 N–H and O–H groups in total. The van der Waals surface area contributed by atoms with Gasteiger partial charge in [0.25, 0.3) is 0 Å². The molecular formula is C16H31IN4. The van der Waals surface area contributed by atoms with Crippen molar-refractivity contribution in [1.29, 1.82) is 0 Å². The van der Waals surface area contributed by atoms with Gasteiger partial charge in [0, 0.05) is 19.6 Å². The van der Waals surface area contributed by atoms with Gasteiger partial charge in [-0.25, -0.2) is 0 Å². The maximum Gasteiger partial charge on any atom is 0.191 e. The second-order valence-electron chi connectivity index (χ2n) is 5.95. The molecule has 21 heavy (non-hydrogen) atoms.